The van der Waals surface area contributed by atoms with E-state index in [2.05, 4.69) is 0 Å². The van der Waals surface area contributed by atoms with E-state index in [0.29, 0.717) is 18.5 Å². The van der Waals surface area contributed by atoms with Crippen molar-refractivity contribution in [1.82, 2.24) is 0 Å². The second-order valence-electron chi connectivity index (χ2n) is 6.25. The molecular weight excluding hydrogens is 324 g/mol. The van der Waals surface area contributed by atoms with Crippen LogP contribution in [0, 0.1) is 5.92 Å². The molecule has 0 aromatic heterocycles. The summed E-state index contributed by atoms with van der Waals surface area (Å²) in [5.41, 5.74) is 5.90. The SMILES string of the molecule is NCCC(O)c1cccc(S(=O)(=O)CC2CCC(F)(F)CC2)c1. The van der Waals surface area contributed by atoms with Crippen LogP contribution in [0.5, 0.6) is 0 Å². The van der Waals surface area contributed by atoms with Crippen LogP contribution in [0.15, 0.2) is 29.2 Å². The Balaban J connectivity index is 2.09. The van der Waals surface area contributed by atoms with Gasteiger partial charge < -0.3 is 10.8 Å². The Morgan fingerprint density at radius 3 is 2.57 bits per heavy atom. The molecule has 1 aliphatic carbocycles. The lowest BCUT2D eigenvalue weighted by atomic mass is 9.88. The molecule has 0 bridgehead atoms. The van der Waals surface area contributed by atoms with Crippen molar-refractivity contribution >= 4 is 9.84 Å². The molecule has 0 saturated heterocycles. The zero-order valence-electron chi connectivity index (χ0n) is 12.9. The standard InChI is InChI=1S/C16H23F2NO3S/c17-16(18)7-4-12(5-8-16)11-23(21,22)14-3-1-2-13(10-14)15(20)6-9-19/h1-3,10,12,15,20H,4-9,11,19H2. The van der Waals surface area contributed by atoms with Crippen molar-refractivity contribution in [1.29, 1.82) is 0 Å². The Labute approximate surface area is 135 Å². The van der Waals surface area contributed by atoms with E-state index in [1.165, 1.54) is 12.1 Å². The van der Waals surface area contributed by atoms with Gasteiger partial charge in [0.15, 0.2) is 9.84 Å². The third-order valence-corrected chi connectivity index (χ3v) is 6.22. The smallest absolute Gasteiger partial charge is 0.248 e. The van der Waals surface area contributed by atoms with Gasteiger partial charge in [-0.1, -0.05) is 12.1 Å². The minimum Gasteiger partial charge on any atom is -0.388 e. The van der Waals surface area contributed by atoms with Gasteiger partial charge in [-0.2, -0.15) is 0 Å². The number of hydrogen-bond acceptors (Lipinski definition) is 4. The molecule has 0 radical (unpaired) electrons. The molecule has 3 N–H and O–H groups in total. The van der Waals surface area contributed by atoms with Crippen molar-refractivity contribution in [2.45, 2.75) is 49.0 Å². The summed E-state index contributed by atoms with van der Waals surface area (Å²) in [6.45, 7) is 0.300. The molecule has 130 valence electrons. The average molecular weight is 347 g/mol. The molecule has 1 aromatic carbocycles. The number of rotatable bonds is 6. The van der Waals surface area contributed by atoms with Crippen LogP contribution in [0.4, 0.5) is 8.78 Å². The van der Waals surface area contributed by atoms with Crippen LogP contribution in [0.1, 0.15) is 43.8 Å². The summed E-state index contributed by atoms with van der Waals surface area (Å²) in [7, 11) is -3.56. The average Bonchev–Trinajstić information content (AvgIpc) is 2.50. The van der Waals surface area contributed by atoms with Crippen LogP contribution in [0.3, 0.4) is 0 Å². The van der Waals surface area contributed by atoms with Crippen LogP contribution in [-0.2, 0) is 9.84 Å². The lowest BCUT2D eigenvalue weighted by Crippen LogP contribution is -2.28. The van der Waals surface area contributed by atoms with Crippen molar-refractivity contribution in [2.24, 2.45) is 11.7 Å². The molecule has 0 spiro atoms. The second-order valence-corrected chi connectivity index (χ2v) is 8.28. The third kappa shape index (κ3) is 4.96. The minimum absolute atomic E-state index is 0.125. The topological polar surface area (TPSA) is 80.4 Å². The number of hydrogen-bond donors (Lipinski definition) is 2. The van der Waals surface area contributed by atoms with Gasteiger partial charge >= 0.3 is 0 Å². The Kier molecular flexibility index (Phi) is 5.75. The van der Waals surface area contributed by atoms with Gasteiger partial charge in [0.25, 0.3) is 0 Å². The normalized spacial score (nSPS) is 20.3. The molecular formula is C16H23F2NO3S. The van der Waals surface area contributed by atoms with E-state index < -0.39 is 21.9 Å². The number of sulfone groups is 1. The monoisotopic (exact) mass is 347 g/mol. The lowest BCUT2D eigenvalue weighted by Gasteiger charge is -2.28. The third-order valence-electron chi connectivity index (χ3n) is 4.33. The maximum absolute atomic E-state index is 13.2. The summed E-state index contributed by atoms with van der Waals surface area (Å²) >= 11 is 0. The highest BCUT2D eigenvalue weighted by Gasteiger charge is 2.36. The fraction of sp³-hybridized carbons (Fsp3) is 0.625. The lowest BCUT2D eigenvalue weighted by molar-refractivity contribution is -0.0435. The van der Waals surface area contributed by atoms with E-state index >= 15 is 0 Å². The van der Waals surface area contributed by atoms with Gasteiger partial charge in [0.2, 0.25) is 5.92 Å². The Morgan fingerprint density at radius 2 is 1.96 bits per heavy atom. The fourth-order valence-corrected chi connectivity index (χ4v) is 4.66. The summed E-state index contributed by atoms with van der Waals surface area (Å²) in [5.74, 6) is -3.02. The molecule has 1 unspecified atom stereocenters. The van der Waals surface area contributed by atoms with Crippen LogP contribution in [0.2, 0.25) is 0 Å². The quantitative estimate of drug-likeness (QED) is 0.829. The molecule has 1 aliphatic rings. The van der Waals surface area contributed by atoms with Gasteiger partial charge in [0.05, 0.1) is 16.8 Å². The number of aliphatic hydroxyl groups is 1. The summed E-state index contributed by atoms with van der Waals surface area (Å²) in [6, 6.07) is 6.16. The first-order valence-electron chi connectivity index (χ1n) is 7.82. The van der Waals surface area contributed by atoms with Gasteiger partial charge in [0.1, 0.15) is 0 Å². The van der Waals surface area contributed by atoms with Crippen molar-refractivity contribution in [3.05, 3.63) is 29.8 Å². The fourth-order valence-electron chi connectivity index (χ4n) is 2.91. The van der Waals surface area contributed by atoms with Gasteiger partial charge in [-0.25, -0.2) is 17.2 Å². The van der Waals surface area contributed by atoms with Gasteiger partial charge in [-0.05, 0) is 49.4 Å². The minimum atomic E-state index is -3.56. The number of aliphatic hydroxyl groups excluding tert-OH is 1. The maximum atomic E-state index is 13.2. The highest BCUT2D eigenvalue weighted by molar-refractivity contribution is 7.91. The summed E-state index contributed by atoms with van der Waals surface area (Å²) in [6.07, 6.45) is -0.501. The van der Waals surface area contributed by atoms with E-state index in [1.807, 2.05) is 0 Å². The Bertz CT molecular complexity index is 624. The summed E-state index contributed by atoms with van der Waals surface area (Å²) < 4.78 is 51.3. The highest BCUT2D eigenvalue weighted by Crippen LogP contribution is 2.37. The molecule has 1 saturated carbocycles. The molecule has 0 aliphatic heterocycles. The molecule has 0 amide bonds. The molecule has 1 aromatic rings. The van der Waals surface area contributed by atoms with Crippen molar-refractivity contribution < 1.29 is 22.3 Å². The zero-order chi connectivity index (χ0) is 17.1. The van der Waals surface area contributed by atoms with Crippen LogP contribution in [-0.4, -0.2) is 31.7 Å². The van der Waals surface area contributed by atoms with E-state index in [-0.39, 0.29) is 42.2 Å². The largest absolute Gasteiger partial charge is 0.388 e. The number of nitrogens with two attached hydrogens (primary N) is 1. The Morgan fingerprint density at radius 1 is 1.30 bits per heavy atom. The first-order chi connectivity index (χ1) is 10.7. The van der Waals surface area contributed by atoms with E-state index in [1.54, 1.807) is 12.1 Å². The van der Waals surface area contributed by atoms with Gasteiger partial charge in [-0.3, -0.25) is 0 Å². The van der Waals surface area contributed by atoms with Crippen molar-refractivity contribution in [2.75, 3.05) is 12.3 Å². The Hall–Kier alpha value is -1.05. The van der Waals surface area contributed by atoms with Crippen LogP contribution < -0.4 is 5.73 Å². The molecule has 1 fully saturated rings. The molecule has 2 rings (SSSR count). The van der Waals surface area contributed by atoms with Crippen LogP contribution >= 0.6 is 0 Å². The van der Waals surface area contributed by atoms with E-state index in [0.717, 1.165) is 0 Å². The number of alkyl halides is 2. The van der Waals surface area contributed by atoms with Crippen molar-refractivity contribution in [3.63, 3.8) is 0 Å². The molecule has 1 atom stereocenters. The maximum Gasteiger partial charge on any atom is 0.248 e. The first-order valence-corrected chi connectivity index (χ1v) is 9.47. The summed E-state index contributed by atoms with van der Waals surface area (Å²) in [5, 5.41) is 9.93. The highest BCUT2D eigenvalue weighted by atomic mass is 32.2. The van der Waals surface area contributed by atoms with Gasteiger partial charge in [0, 0.05) is 12.8 Å². The zero-order valence-corrected chi connectivity index (χ0v) is 13.7. The second kappa shape index (κ2) is 7.23. The molecule has 23 heavy (non-hydrogen) atoms. The number of halogens is 2. The predicted octanol–water partition coefficient (Wildman–Crippen LogP) is 2.67. The number of benzene rings is 1. The molecule has 4 nitrogen and oxygen atoms in total. The molecule has 7 heteroatoms. The first kappa shape index (κ1) is 18.3. The summed E-state index contributed by atoms with van der Waals surface area (Å²) in [4.78, 5) is 0.128. The van der Waals surface area contributed by atoms with Gasteiger partial charge in [-0.15, -0.1) is 0 Å². The van der Waals surface area contributed by atoms with Crippen LogP contribution in [0.25, 0.3) is 0 Å². The van der Waals surface area contributed by atoms with E-state index in [4.69, 9.17) is 5.73 Å². The van der Waals surface area contributed by atoms with Crippen molar-refractivity contribution in [3.8, 4) is 0 Å². The predicted molar refractivity (Wildman–Crippen MR) is 84.0 cm³/mol. The van der Waals surface area contributed by atoms with E-state index in [9.17, 15) is 22.3 Å². The molecule has 0 heterocycles.